The van der Waals surface area contributed by atoms with Crippen molar-refractivity contribution in [2.24, 2.45) is 11.1 Å². The zero-order valence-corrected chi connectivity index (χ0v) is 13.0. The maximum atomic E-state index is 13.4. The average molecular weight is 343 g/mol. The number of anilines is 1. The van der Waals surface area contributed by atoms with Crippen LogP contribution in [0.4, 0.5) is 10.1 Å². The van der Waals surface area contributed by atoms with Crippen LogP contribution in [-0.4, -0.2) is 12.5 Å². The molecule has 1 fully saturated rings. The zero-order chi connectivity index (χ0) is 14.6. The molecule has 0 aromatic heterocycles. The van der Waals surface area contributed by atoms with E-state index in [0.717, 1.165) is 25.7 Å². The third-order valence-electron chi connectivity index (χ3n) is 4.09. The lowest BCUT2D eigenvalue weighted by atomic mass is 9.71. The third kappa shape index (κ3) is 3.79. The quantitative estimate of drug-likeness (QED) is 0.873. The second-order valence-electron chi connectivity index (χ2n) is 5.62. The summed E-state index contributed by atoms with van der Waals surface area (Å²) in [6, 6.07) is 4.59. The predicted molar refractivity (Wildman–Crippen MR) is 81.9 cm³/mol. The summed E-state index contributed by atoms with van der Waals surface area (Å²) in [6.45, 7) is 0.537. The third-order valence-corrected chi connectivity index (χ3v) is 4.73. The first-order valence-corrected chi connectivity index (χ1v) is 7.79. The number of amides is 1. The van der Waals surface area contributed by atoms with E-state index in [1.807, 2.05) is 0 Å². The molecule has 1 amide bonds. The fraction of sp³-hybridized carbons (Fsp3) is 0.533. The van der Waals surface area contributed by atoms with E-state index < -0.39 is 0 Å². The molecule has 1 aromatic carbocycles. The van der Waals surface area contributed by atoms with Gasteiger partial charge in [-0.15, -0.1) is 0 Å². The van der Waals surface area contributed by atoms with Gasteiger partial charge in [-0.2, -0.15) is 0 Å². The van der Waals surface area contributed by atoms with Crippen LogP contribution in [0.2, 0.25) is 0 Å². The van der Waals surface area contributed by atoms with Gasteiger partial charge in [-0.05, 0) is 58.9 Å². The van der Waals surface area contributed by atoms with Crippen LogP contribution in [0.15, 0.2) is 22.7 Å². The summed E-state index contributed by atoms with van der Waals surface area (Å²) in [6.07, 6.45) is 5.93. The number of carbonyl (C=O) groups excluding carboxylic acids is 1. The highest BCUT2D eigenvalue weighted by Gasteiger charge is 2.32. The molecule has 110 valence electrons. The van der Waals surface area contributed by atoms with Crippen LogP contribution < -0.4 is 11.1 Å². The Balaban J connectivity index is 1.98. The van der Waals surface area contributed by atoms with Crippen molar-refractivity contribution in [3.63, 3.8) is 0 Å². The van der Waals surface area contributed by atoms with Gasteiger partial charge in [0, 0.05) is 12.1 Å². The molecule has 20 heavy (non-hydrogen) atoms. The molecule has 0 saturated heterocycles. The minimum absolute atomic E-state index is 0.0732. The Hall–Kier alpha value is -0.940. The lowest BCUT2D eigenvalue weighted by Crippen LogP contribution is -2.36. The topological polar surface area (TPSA) is 55.1 Å². The molecule has 1 aliphatic rings. The van der Waals surface area contributed by atoms with Crippen molar-refractivity contribution >= 4 is 27.5 Å². The number of hydrogen-bond acceptors (Lipinski definition) is 2. The molecule has 2 rings (SSSR count). The number of nitrogens with one attached hydrogen (secondary N) is 1. The second kappa shape index (κ2) is 6.68. The highest BCUT2D eigenvalue weighted by atomic mass is 79.9. The SMILES string of the molecule is NCC1(CC(=O)Nc2ccc(Br)c(F)c2)CCCCC1. The summed E-state index contributed by atoms with van der Waals surface area (Å²) in [5, 5.41) is 2.76. The van der Waals surface area contributed by atoms with Crippen molar-refractivity contribution in [2.45, 2.75) is 38.5 Å². The number of hydrogen-bond donors (Lipinski definition) is 2. The Morgan fingerprint density at radius 2 is 2.05 bits per heavy atom. The van der Waals surface area contributed by atoms with Gasteiger partial charge >= 0.3 is 0 Å². The Morgan fingerprint density at radius 1 is 1.35 bits per heavy atom. The minimum atomic E-state index is -0.381. The molecule has 1 aromatic rings. The second-order valence-corrected chi connectivity index (χ2v) is 6.47. The number of carbonyl (C=O) groups is 1. The van der Waals surface area contributed by atoms with E-state index in [2.05, 4.69) is 21.2 Å². The van der Waals surface area contributed by atoms with Gasteiger partial charge in [-0.25, -0.2) is 4.39 Å². The van der Waals surface area contributed by atoms with Gasteiger partial charge in [0.1, 0.15) is 5.82 Å². The van der Waals surface area contributed by atoms with E-state index in [1.54, 1.807) is 12.1 Å². The van der Waals surface area contributed by atoms with Crippen molar-refractivity contribution in [3.05, 3.63) is 28.5 Å². The first-order chi connectivity index (χ1) is 9.54. The van der Waals surface area contributed by atoms with Crippen molar-refractivity contribution < 1.29 is 9.18 Å². The summed E-state index contributed by atoms with van der Waals surface area (Å²) in [5.41, 5.74) is 6.29. The number of nitrogens with two attached hydrogens (primary N) is 1. The number of rotatable bonds is 4. The van der Waals surface area contributed by atoms with Crippen LogP contribution in [-0.2, 0) is 4.79 Å². The molecule has 0 spiro atoms. The van der Waals surface area contributed by atoms with Crippen LogP contribution in [0.25, 0.3) is 0 Å². The normalized spacial score (nSPS) is 17.8. The fourth-order valence-electron chi connectivity index (χ4n) is 2.87. The number of benzene rings is 1. The van der Waals surface area contributed by atoms with Gasteiger partial charge in [0.05, 0.1) is 4.47 Å². The van der Waals surface area contributed by atoms with Gasteiger partial charge in [0.2, 0.25) is 5.91 Å². The van der Waals surface area contributed by atoms with Gasteiger partial charge in [-0.3, -0.25) is 4.79 Å². The van der Waals surface area contributed by atoms with Crippen LogP contribution in [0.3, 0.4) is 0 Å². The molecule has 0 bridgehead atoms. The predicted octanol–water partition coefficient (Wildman–Crippen LogP) is 3.83. The van der Waals surface area contributed by atoms with Crippen LogP contribution in [0.5, 0.6) is 0 Å². The van der Waals surface area contributed by atoms with Gasteiger partial charge in [-0.1, -0.05) is 19.3 Å². The molecule has 5 heteroatoms. The van der Waals surface area contributed by atoms with E-state index in [4.69, 9.17) is 5.73 Å². The largest absolute Gasteiger partial charge is 0.330 e. The van der Waals surface area contributed by atoms with Gasteiger partial charge < -0.3 is 11.1 Å². The first kappa shape index (κ1) is 15.4. The standard InChI is InChI=1S/C15H20BrFN2O/c16-12-5-4-11(8-13(12)17)19-14(20)9-15(10-18)6-2-1-3-7-15/h4-5,8H,1-3,6-7,9-10,18H2,(H,19,20). The molecular formula is C15H20BrFN2O. The van der Waals surface area contributed by atoms with E-state index in [-0.39, 0.29) is 17.1 Å². The van der Waals surface area contributed by atoms with Crippen molar-refractivity contribution in [1.29, 1.82) is 0 Å². The molecule has 0 radical (unpaired) electrons. The summed E-state index contributed by atoms with van der Waals surface area (Å²) in [7, 11) is 0. The minimum Gasteiger partial charge on any atom is -0.330 e. The summed E-state index contributed by atoms with van der Waals surface area (Å²) in [5.74, 6) is -0.465. The smallest absolute Gasteiger partial charge is 0.224 e. The van der Waals surface area contributed by atoms with Crippen molar-refractivity contribution in [3.8, 4) is 0 Å². The van der Waals surface area contributed by atoms with Crippen LogP contribution >= 0.6 is 15.9 Å². The summed E-state index contributed by atoms with van der Waals surface area (Å²) in [4.78, 5) is 12.1. The highest BCUT2D eigenvalue weighted by Crippen LogP contribution is 2.38. The van der Waals surface area contributed by atoms with Crippen LogP contribution in [0.1, 0.15) is 38.5 Å². The fourth-order valence-corrected chi connectivity index (χ4v) is 3.12. The lowest BCUT2D eigenvalue weighted by molar-refractivity contribution is -0.118. The number of halogens is 2. The Bertz CT molecular complexity index is 487. The van der Waals surface area contributed by atoms with Crippen molar-refractivity contribution in [1.82, 2.24) is 0 Å². The van der Waals surface area contributed by atoms with Gasteiger partial charge in [0.25, 0.3) is 0 Å². The molecular weight excluding hydrogens is 323 g/mol. The maximum absolute atomic E-state index is 13.4. The molecule has 1 saturated carbocycles. The summed E-state index contributed by atoms with van der Waals surface area (Å²) < 4.78 is 13.8. The Kier molecular flexibility index (Phi) is 5.16. The molecule has 0 unspecified atom stereocenters. The molecule has 0 atom stereocenters. The first-order valence-electron chi connectivity index (χ1n) is 7.00. The summed E-state index contributed by atoms with van der Waals surface area (Å²) >= 11 is 3.09. The van der Waals surface area contributed by atoms with Crippen LogP contribution in [0, 0.1) is 11.2 Å². The van der Waals surface area contributed by atoms with E-state index in [9.17, 15) is 9.18 Å². The van der Waals surface area contributed by atoms with E-state index in [0.29, 0.717) is 23.1 Å². The zero-order valence-electron chi connectivity index (χ0n) is 11.4. The Morgan fingerprint density at radius 3 is 2.65 bits per heavy atom. The highest BCUT2D eigenvalue weighted by molar-refractivity contribution is 9.10. The van der Waals surface area contributed by atoms with E-state index >= 15 is 0 Å². The average Bonchev–Trinajstić information content (AvgIpc) is 2.44. The molecule has 0 heterocycles. The lowest BCUT2D eigenvalue weighted by Gasteiger charge is -2.35. The Labute approximate surface area is 127 Å². The van der Waals surface area contributed by atoms with E-state index in [1.165, 1.54) is 12.5 Å². The molecule has 3 nitrogen and oxygen atoms in total. The van der Waals surface area contributed by atoms with Crippen molar-refractivity contribution in [2.75, 3.05) is 11.9 Å². The maximum Gasteiger partial charge on any atom is 0.224 e. The molecule has 1 aliphatic carbocycles. The van der Waals surface area contributed by atoms with Gasteiger partial charge in [0.15, 0.2) is 0 Å². The molecule has 0 aliphatic heterocycles. The molecule has 3 N–H and O–H groups in total. The monoisotopic (exact) mass is 342 g/mol.